The third-order valence-electron chi connectivity index (χ3n) is 6.88. The largest absolute Gasteiger partial charge is 0.358 e. The van der Waals surface area contributed by atoms with Crippen molar-refractivity contribution >= 4 is 29.4 Å². The Bertz CT molecular complexity index is 1340. The second-order valence-corrected chi connectivity index (χ2v) is 8.53. The van der Waals surface area contributed by atoms with E-state index in [9.17, 15) is 18.8 Å². The monoisotopic (exact) mass is 438 g/mol. The van der Waals surface area contributed by atoms with Gasteiger partial charge in [0.2, 0.25) is 11.8 Å². The van der Waals surface area contributed by atoms with Crippen molar-refractivity contribution < 1.29 is 18.8 Å². The smallest absolute Gasteiger partial charge is 0.240 e. The number of amides is 2. The van der Waals surface area contributed by atoms with Crippen LogP contribution in [0, 0.1) is 17.7 Å². The van der Waals surface area contributed by atoms with E-state index in [1.165, 1.54) is 18.2 Å². The predicted molar refractivity (Wildman–Crippen MR) is 120 cm³/mol. The molecule has 2 fully saturated rings. The Morgan fingerprint density at radius 2 is 1.45 bits per heavy atom. The Kier molecular flexibility index (Phi) is 4.30. The van der Waals surface area contributed by atoms with Gasteiger partial charge < -0.3 is 4.90 Å². The number of rotatable bonds is 3. The predicted octanol–water partition coefficient (Wildman–Crippen LogP) is 4.22. The summed E-state index contributed by atoms with van der Waals surface area (Å²) in [7, 11) is 0. The molecule has 0 saturated carbocycles. The van der Waals surface area contributed by atoms with E-state index in [2.05, 4.69) is 0 Å². The molecule has 6 rings (SSSR count). The van der Waals surface area contributed by atoms with Crippen LogP contribution in [-0.4, -0.2) is 28.5 Å². The second kappa shape index (κ2) is 7.24. The summed E-state index contributed by atoms with van der Waals surface area (Å²) in [6, 6.07) is 20.8. The molecule has 3 heterocycles. The Hall–Kier alpha value is -4.06. The Morgan fingerprint density at radius 1 is 0.788 bits per heavy atom. The number of Topliss-reactive ketones (excluding diaryl/α,β-unsaturated/α-hetero) is 1. The molecule has 5 nitrogen and oxygen atoms in total. The van der Waals surface area contributed by atoms with Crippen molar-refractivity contribution in [3.8, 4) is 0 Å². The summed E-state index contributed by atoms with van der Waals surface area (Å²) in [5.41, 5.74) is 2.22. The van der Waals surface area contributed by atoms with Gasteiger partial charge in [0.15, 0.2) is 5.78 Å². The maximum atomic E-state index is 14.6. The first-order valence-electron chi connectivity index (χ1n) is 10.8. The average Bonchev–Trinajstić information content (AvgIpc) is 3.32. The number of fused-ring (bicyclic) bond motifs is 5. The van der Waals surface area contributed by atoms with Gasteiger partial charge in [0.25, 0.3) is 0 Å². The number of para-hydroxylation sites is 1. The molecule has 33 heavy (non-hydrogen) atoms. The first-order valence-corrected chi connectivity index (χ1v) is 10.8. The quantitative estimate of drug-likeness (QED) is 0.454. The molecule has 2 amide bonds. The fourth-order valence-corrected chi connectivity index (χ4v) is 5.50. The molecule has 3 aliphatic rings. The van der Waals surface area contributed by atoms with E-state index in [0.717, 1.165) is 16.0 Å². The van der Waals surface area contributed by atoms with E-state index >= 15 is 0 Å². The number of carbonyl (C=O) groups excluding carboxylic acids is 3. The van der Waals surface area contributed by atoms with Gasteiger partial charge in [0.05, 0.1) is 23.6 Å². The van der Waals surface area contributed by atoms with Crippen LogP contribution in [0.4, 0.5) is 10.1 Å². The molecule has 4 unspecified atom stereocenters. The maximum absolute atomic E-state index is 14.6. The van der Waals surface area contributed by atoms with Crippen LogP contribution in [0.2, 0.25) is 0 Å². The number of ketones is 1. The maximum Gasteiger partial charge on any atom is 0.240 e. The normalized spacial score (nSPS) is 25.1. The highest BCUT2D eigenvalue weighted by atomic mass is 19.1. The van der Waals surface area contributed by atoms with Crippen molar-refractivity contribution in [2.75, 3.05) is 4.90 Å². The van der Waals surface area contributed by atoms with Crippen LogP contribution in [0.5, 0.6) is 0 Å². The molecular formula is C27H19FN2O3. The standard InChI is InChI=1S/C27H19FN2O3/c28-19-12-6-7-13-20(19)30-26(32)21-22(27(30)33)24(25(31)17-9-2-1-3-10-17)29-15-14-16-8-4-5-11-18(16)23(21)29/h1-15,21-24H. The number of imide groups is 1. The number of benzene rings is 3. The van der Waals surface area contributed by atoms with Gasteiger partial charge in [-0.2, -0.15) is 0 Å². The van der Waals surface area contributed by atoms with Gasteiger partial charge in [0, 0.05) is 11.8 Å². The van der Waals surface area contributed by atoms with E-state index in [0.29, 0.717) is 5.56 Å². The minimum Gasteiger partial charge on any atom is -0.358 e. The molecule has 0 aliphatic carbocycles. The Labute approximate surface area is 189 Å². The van der Waals surface area contributed by atoms with Gasteiger partial charge in [-0.3, -0.25) is 14.4 Å². The van der Waals surface area contributed by atoms with E-state index in [1.807, 2.05) is 47.5 Å². The number of carbonyl (C=O) groups is 3. The average molecular weight is 438 g/mol. The third kappa shape index (κ3) is 2.73. The highest BCUT2D eigenvalue weighted by Gasteiger charge is 2.64. The van der Waals surface area contributed by atoms with E-state index < -0.39 is 41.6 Å². The zero-order chi connectivity index (χ0) is 22.7. The molecule has 162 valence electrons. The summed E-state index contributed by atoms with van der Waals surface area (Å²) < 4.78 is 14.6. The van der Waals surface area contributed by atoms with Gasteiger partial charge in [-0.05, 0) is 29.3 Å². The molecule has 0 N–H and O–H groups in total. The van der Waals surface area contributed by atoms with E-state index in [-0.39, 0.29) is 11.5 Å². The fourth-order valence-electron chi connectivity index (χ4n) is 5.50. The number of hydrogen-bond acceptors (Lipinski definition) is 4. The van der Waals surface area contributed by atoms with Gasteiger partial charge in [-0.1, -0.05) is 66.7 Å². The second-order valence-electron chi connectivity index (χ2n) is 8.53. The zero-order valence-electron chi connectivity index (χ0n) is 17.5. The number of anilines is 1. The molecule has 0 aromatic heterocycles. The molecule has 6 heteroatoms. The lowest BCUT2D eigenvalue weighted by Gasteiger charge is -2.35. The highest BCUT2D eigenvalue weighted by molar-refractivity contribution is 6.24. The first-order chi connectivity index (χ1) is 16.1. The van der Waals surface area contributed by atoms with Crippen LogP contribution < -0.4 is 4.90 Å². The summed E-state index contributed by atoms with van der Waals surface area (Å²) in [6.45, 7) is 0. The zero-order valence-corrected chi connectivity index (χ0v) is 17.5. The third-order valence-corrected chi connectivity index (χ3v) is 6.88. The van der Waals surface area contributed by atoms with Crippen LogP contribution >= 0.6 is 0 Å². The molecule has 0 radical (unpaired) electrons. The van der Waals surface area contributed by atoms with Crippen molar-refractivity contribution in [3.05, 3.63) is 108 Å². The van der Waals surface area contributed by atoms with Crippen LogP contribution in [0.1, 0.15) is 27.5 Å². The minimum atomic E-state index is -0.911. The van der Waals surface area contributed by atoms with Gasteiger partial charge in [-0.25, -0.2) is 9.29 Å². The summed E-state index contributed by atoms with van der Waals surface area (Å²) >= 11 is 0. The van der Waals surface area contributed by atoms with E-state index in [4.69, 9.17) is 0 Å². The summed E-state index contributed by atoms with van der Waals surface area (Å²) in [6.07, 6.45) is 3.71. The molecule has 4 atom stereocenters. The lowest BCUT2D eigenvalue weighted by atomic mass is 9.83. The lowest BCUT2D eigenvalue weighted by Crippen LogP contribution is -2.44. The molecule has 3 aliphatic heterocycles. The molecular weight excluding hydrogens is 419 g/mol. The van der Waals surface area contributed by atoms with Crippen LogP contribution in [0.3, 0.4) is 0 Å². The summed E-state index contributed by atoms with van der Waals surface area (Å²) in [4.78, 5) is 43.9. The lowest BCUT2D eigenvalue weighted by molar-refractivity contribution is -0.123. The number of hydrogen-bond donors (Lipinski definition) is 0. The highest BCUT2D eigenvalue weighted by Crippen LogP contribution is 2.53. The summed E-state index contributed by atoms with van der Waals surface area (Å²) in [5.74, 6) is -3.59. The fraction of sp³-hybridized carbons (Fsp3) is 0.148. The SMILES string of the molecule is O=C(c1ccccc1)C1C2C(=O)N(c3ccccc3F)C(=O)C2C2c3ccccc3C=CN12. The molecule has 3 aromatic carbocycles. The first kappa shape index (κ1) is 19.6. The Morgan fingerprint density at radius 3 is 2.24 bits per heavy atom. The molecule has 3 aromatic rings. The molecule has 0 spiro atoms. The van der Waals surface area contributed by atoms with Crippen molar-refractivity contribution in [2.24, 2.45) is 11.8 Å². The molecule has 2 saturated heterocycles. The number of halogens is 1. The van der Waals surface area contributed by atoms with Crippen LogP contribution in [0.15, 0.2) is 85.1 Å². The van der Waals surface area contributed by atoms with Crippen molar-refractivity contribution in [1.29, 1.82) is 0 Å². The van der Waals surface area contributed by atoms with Crippen molar-refractivity contribution in [3.63, 3.8) is 0 Å². The van der Waals surface area contributed by atoms with Crippen LogP contribution in [-0.2, 0) is 9.59 Å². The number of nitrogens with zero attached hydrogens (tertiary/aromatic N) is 2. The minimum absolute atomic E-state index is 0.0704. The van der Waals surface area contributed by atoms with E-state index in [1.54, 1.807) is 30.3 Å². The molecule has 0 bridgehead atoms. The summed E-state index contributed by atoms with van der Waals surface area (Å²) in [5, 5.41) is 0. The van der Waals surface area contributed by atoms with Gasteiger partial charge in [0.1, 0.15) is 11.9 Å². The van der Waals surface area contributed by atoms with Gasteiger partial charge in [-0.15, -0.1) is 0 Å². The Balaban J connectivity index is 1.52. The topological polar surface area (TPSA) is 57.7 Å². The van der Waals surface area contributed by atoms with Crippen LogP contribution in [0.25, 0.3) is 6.08 Å². The van der Waals surface area contributed by atoms with Crippen molar-refractivity contribution in [1.82, 2.24) is 4.90 Å². The van der Waals surface area contributed by atoms with Gasteiger partial charge >= 0.3 is 0 Å². The van der Waals surface area contributed by atoms with Crippen molar-refractivity contribution in [2.45, 2.75) is 12.1 Å².